The SMILES string of the molecule is CC(C)(C)OC(=O)N1CCC(C(=O)Nc2ccccc2)CC1Cl. The van der Waals surface area contributed by atoms with Crippen LogP contribution in [0.4, 0.5) is 10.5 Å². The van der Waals surface area contributed by atoms with Gasteiger partial charge in [-0.15, -0.1) is 0 Å². The van der Waals surface area contributed by atoms with Crippen molar-refractivity contribution in [1.82, 2.24) is 4.90 Å². The van der Waals surface area contributed by atoms with Crippen LogP contribution in [0.25, 0.3) is 0 Å². The summed E-state index contributed by atoms with van der Waals surface area (Å²) in [5, 5.41) is 2.88. The van der Waals surface area contributed by atoms with Gasteiger partial charge in [-0.1, -0.05) is 29.8 Å². The number of carbonyl (C=O) groups is 2. The van der Waals surface area contributed by atoms with Gasteiger partial charge in [0.15, 0.2) is 0 Å². The van der Waals surface area contributed by atoms with E-state index in [9.17, 15) is 9.59 Å². The highest BCUT2D eigenvalue weighted by atomic mass is 35.5. The number of rotatable bonds is 2. The molecule has 6 heteroatoms. The standard InChI is InChI=1S/C17H23ClN2O3/c1-17(2,3)23-16(22)20-10-9-12(11-14(20)18)15(21)19-13-7-5-4-6-8-13/h4-8,12,14H,9-11H2,1-3H3,(H,19,21). The lowest BCUT2D eigenvalue weighted by atomic mass is 9.96. The molecule has 126 valence electrons. The van der Waals surface area contributed by atoms with E-state index < -0.39 is 17.2 Å². The molecule has 1 fully saturated rings. The summed E-state index contributed by atoms with van der Waals surface area (Å²) in [6.45, 7) is 5.85. The summed E-state index contributed by atoms with van der Waals surface area (Å²) in [6, 6.07) is 9.30. The van der Waals surface area contributed by atoms with E-state index in [4.69, 9.17) is 16.3 Å². The number of para-hydroxylation sites is 1. The van der Waals surface area contributed by atoms with Crippen LogP contribution in [0.2, 0.25) is 0 Å². The molecule has 23 heavy (non-hydrogen) atoms. The monoisotopic (exact) mass is 338 g/mol. The maximum absolute atomic E-state index is 12.3. The van der Waals surface area contributed by atoms with Gasteiger partial charge in [-0.05, 0) is 45.7 Å². The fourth-order valence-corrected chi connectivity index (χ4v) is 2.84. The number of piperidine rings is 1. The second kappa shape index (κ2) is 7.21. The van der Waals surface area contributed by atoms with E-state index in [0.717, 1.165) is 5.69 Å². The predicted octanol–water partition coefficient (Wildman–Crippen LogP) is 3.84. The highest BCUT2D eigenvalue weighted by molar-refractivity contribution is 6.21. The second-order valence-electron chi connectivity index (χ2n) is 6.68. The number of likely N-dealkylation sites (tertiary alicyclic amines) is 1. The number of benzene rings is 1. The van der Waals surface area contributed by atoms with Crippen LogP contribution in [0.3, 0.4) is 0 Å². The van der Waals surface area contributed by atoms with E-state index in [0.29, 0.717) is 19.4 Å². The summed E-state index contributed by atoms with van der Waals surface area (Å²) in [7, 11) is 0. The molecule has 1 N–H and O–H groups in total. The van der Waals surface area contributed by atoms with Crippen LogP contribution in [0.5, 0.6) is 0 Å². The Balaban J connectivity index is 1.90. The number of hydrogen-bond donors (Lipinski definition) is 1. The van der Waals surface area contributed by atoms with E-state index in [1.807, 2.05) is 51.1 Å². The molecule has 0 radical (unpaired) electrons. The molecule has 1 aliphatic rings. The van der Waals surface area contributed by atoms with Crippen LogP contribution in [0.1, 0.15) is 33.6 Å². The molecule has 0 bridgehead atoms. The molecule has 2 atom stereocenters. The molecule has 2 amide bonds. The molecule has 1 aromatic rings. The Kier molecular flexibility index (Phi) is 5.52. The largest absolute Gasteiger partial charge is 0.444 e. The molecule has 0 spiro atoms. The minimum Gasteiger partial charge on any atom is -0.444 e. The van der Waals surface area contributed by atoms with Crippen molar-refractivity contribution < 1.29 is 14.3 Å². The molecule has 1 aliphatic heterocycles. The van der Waals surface area contributed by atoms with Crippen molar-refractivity contribution in [3.63, 3.8) is 0 Å². The molecule has 2 unspecified atom stereocenters. The third-order valence-corrected chi connectivity index (χ3v) is 3.99. The van der Waals surface area contributed by atoms with Crippen molar-refractivity contribution in [2.24, 2.45) is 5.92 Å². The Labute approximate surface area is 141 Å². The number of nitrogens with zero attached hydrogens (tertiary/aromatic N) is 1. The summed E-state index contributed by atoms with van der Waals surface area (Å²) < 4.78 is 5.34. The average molecular weight is 339 g/mol. The first-order valence-electron chi connectivity index (χ1n) is 7.76. The number of anilines is 1. The number of hydrogen-bond acceptors (Lipinski definition) is 3. The highest BCUT2D eigenvalue weighted by Gasteiger charge is 2.35. The van der Waals surface area contributed by atoms with Crippen LogP contribution in [-0.2, 0) is 9.53 Å². The van der Waals surface area contributed by atoms with Gasteiger partial charge in [-0.2, -0.15) is 0 Å². The zero-order valence-electron chi connectivity index (χ0n) is 13.7. The molecule has 5 nitrogen and oxygen atoms in total. The van der Waals surface area contributed by atoms with Gasteiger partial charge in [0.2, 0.25) is 5.91 Å². The lowest BCUT2D eigenvalue weighted by Gasteiger charge is -2.36. The molecule has 1 aromatic carbocycles. The Hall–Kier alpha value is -1.75. The number of carbonyl (C=O) groups excluding carboxylic acids is 2. The van der Waals surface area contributed by atoms with E-state index in [1.54, 1.807) is 0 Å². The van der Waals surface area contributed by atoms with Gasteiger partial charge in [0.05, 0.1) is 0 Å². The first-order valence-corrected chi connectivity index (χ1v) is 8.19. The van der Waals surface area contributed by atoms with Crippen molar-refractivity contribution in [1.29, 1.82) is 0 Å². The topological polar surface area (TPSA) is 58.6 Å². The van der Waals surface area contributed by atoms with Crippen LogP contribution < -0.4 is 5.32 Å². The maximum Gasteiger partial charge on any atom is 0.411 e. The van der Waals surface area contributed by atoms with Crippen molar-refractivity contribution >= 4 is 29.3 Å². The van der Waals surface area contributed by atoms with Gasteiger partial charge in [0, 0.05) is 18.2 Å². The fraction of sp³-hybridized carbons (Fsp3) is 0.529. The number of nitrogens with one attached hydrogen (secondary N) is 1. The van der Waals surface area contributed by atoms with Crippen molar-refractivity contribution in [3.05, 3.63) is 30.3 Å². The molecule has 2 rings (SSSR count). The molecular weight excluding hydrogens is 316 g/mol. The third-order valence-electron chi connectivity index (χ3n) is 3.58. The van der Waals surface area contributed by atoms with E-state index >= 15 is 0 Å². The van der Waals surface area contributed by atoms with E-state index in [-0.39, 0.29) is 11.8 Å². The summed E-state index contributed by atoms with van der Waals surface area (Å²) in [5.41, 5.74) is -0.335. The summed E-state index contributed by atoms with van der Waals surface area (Å²) in [6.07, 6.45) is 0.556. The van der Waals surface area contributed by atoms with Gasteiger partial charge in [0.1, 0.15) is 11.1 Å². The summed E-state index contributed by atoms with van der Waals surface area (Å²) in [5.74, 6) is -0.276. The van der Waals surface area contributed by atoms with Crippen molar-refractivity contribution in [2.75, 3.05) is 11.9 Å². The Morgan fingerprint density at radius 2 is 1.91 bits per heavy atom. The number of amides is 2. The Morgan fingerprint density at radius 1 is 1.26 bits per heavy atom. The third kappa shape index (κ3) is 5.13. The molecule has 1 heterocycles. The smallest absolute Gasteiger partial charge is 0.411 e. The Morgan fingerprint density at radius 3 is 2.48 bits per heavy atom. The molecule has 0 saturated carbocycles. The molecule has 0 aromatic heterocycles. The lowest BCUT2D eigenvalue weighted by Crippen LogP contribution is -2.47. The number of alkyl halides is 1. The minimum atomic E-state index is -0.560. The van der Waals surface area contributed by atoms with Crippen molar-refractivity contribution in [2.45, 2.75) is 44.7 Å². The highest BCUT2D eigenvalue weighted by Crippen LogP contribution is 2.28. The van der Waals surface area contributed by atoms with Gasteiger partial charge in [-0.25, -0.2) is 4.79 Å². The van der Waals surface area contributed by atoms with Gasteiger partial charge in [-0.3, -0.25) is 9.69 Å². The van der Waals surface area contributed by atoms with Crippen LogP contribution in [-0.4, -0.2) is 34.5 Å². The summed E-state index contributed by atoms with van der Waals surface area (Å²) >= 11 is 6.29. The molecule has 0 aliphatic carbocycles. The zero-order chi connectivity index (χ0) is 17.0. The van der Waals surface area contributed by atoms with Crippen LogP contribution in [0, 0.1) is 5.92 Å². The zero-order valence-corrected chi connectivity index (χ0v) is 14.5. The maximum atomic E-state index is 12.3. The van der Waals surface area contributed by atoms with Gasteiger partial charge in [0.25, 0.3) is 0 Å². The Bertz CT molecular complexity index is 557. The average Bonchev–Trinajstić information content (AvgIpc) is 2.46. The summed E-state index contributed by atoms with van der Waals surface area (Å²) in [4.78, 5) is 25.9. The predicted molar refractivity (Wildman–Crippen MR) is 90.4 cm³/mol. The van der Waals surface area contributed by atoms with Gasteiger partial charge >= 0.3 is 6.09 Å². The van der Waals surface area contributed by atoms with Crippen LogP contribution >= 0.6 is 11.6 Å². The van der Waals surface area contributed by atoms with E-state index in [1.165, 1.54) is 4.90 Å². The molecular formula is C17H23ClN2O3. The second-order valence-corrected chi connectivity index (χ2v) is 7.19. The number of halogens is 1. The fourth-order valence-electron chi connectivity index (χ4n) is 2.45. The minimum absolute atomic E-state index is 0.0642. The quantitative estimate of drug-likeness (QED) is 0.658. The lowest BCUT2D eigenvalue weighted by molar-refractivity contribution is -0.121. The first-order chi connectivity index (χ1) is 10.8. The first kappa shape index (κ1) is 17.6. The van der Waals surface area contributed by atoms with Crippen LogP contribution in [0.15, 0.2) is 30.3 Å². The van der Waals surface area contributed by atoms with E-state index in [2.05, 4.69) is 5.32 Å². The molecule has 1 saturated heterocycles. The number of ether oxygens (including phenoxy) is 1. The van der Waals surface area contributed by atoms with Crippen molar-refractivity contribution in [3.8, 4) is 0 Å². The normalized spacial score (nSPS) is 21.7. The van der Waals surface area contributed by atoms with Gasteiger partial charge < -0.3 is 10.1 Å².